The van der Waals surface area contributed by atoms with Gasteiger partial charge in [0.25, 0.3) is 5.97 Å². The molecule has 2 aromatic carbocycles. The summed E-state index contributed by atoms with van der Waals surface area (Å²) in [6.45, 7) is 2.91. The highest BCUT2D eigenvalue weighted by molar-refractivity contribution is 5.98. The van der Waals surface area contributed by atoms with Gasteiger partial charge in [-0.2, -0.15) is 0 Å². The molecule has 20 nitrogen and oxygen atoms in total. The van der Waals surface area contributed by atoms with Crippen LogP contribution in [0.1, 0.15) is 102 Å². The summed E-state index contributed by atoms with van der Waals surface area (Å²) in [6, 6.07) is 10.5. The number of carbonyl (C=O) groups is 8. The predicted molar refractivity (Wildman–Crippen MR) is 259 cm³/mol. The van der Waals surface area contributed by atoms with Gasteiger partial charge in [-0.05, 0) is 68.1 Å². The number of nitrogens with two attached hydrogens (primary N) is 2. The van der Waals surface area contributed by atoms with Gasteiger partial charge in [0, 0.05) is 63.4 Å². The van der Waals surface area contributed by atoms with Crippen LogP contribution in [0.15, 0.2) is 65.8 Å². The molecule has 0 bridgehead atoms. The van der Waals surface area contributed by atoms with E-state index in [1.807, 2.05) is 54.6 Å². The highest BCUT2D eigenvalue weighted by atomic mass is 16.4. The molecule has 0 spiro atoms. The van der Waals surface area contributed by atoms with Crippen molar-refractivity contribution >= 4 is 64.2 Å². The molecule has 0 radical (unpaired) electrons. The molecule has 6 unspecified atom stereocenters. The largest absolute Gasteiger partial charge is 0.481 e. The number of nitrogens with zero attached hydrogens (tertiary/aromatic N) is 2. The summed E-state index contributed by atoms with van der Waals surface area (Å²) in [5, 5.41) is 25.6. The Hall–Kier alpha value is -6.99. The fraction of sp³-hybridized carbons (Fsp3) is 0.531. The molecule has 3 heterocycles. The molecular weight excluding hydrogens is 887 g/mol. The van der Waals surface area contributed by atoms with Crippen LogP contribution in [-0.4, -0.2) is 124 Å². The van der Waals surface area contributed by atoms with E-state index in [1.54, 1.807) is 6.20 Å². The van der Waals surface area contributed by atoms with Gasteiger partial charge in [-0.15, -0.1) is 0 Å². The van der Waals surface area contributed by atoms with E-state index in [0.717, 1.165) is 61.1 Å². The van der Waals surface area contributed by atoms with E-state index in [9.17, 15) is 33.6 Å². The number of hydrogen-bond donors (Lipinski definition) is 10. The van der Waals surface area contributed by atoms with Gasteiger partial charge < -0.3 is 58.4 Å². The molecule has 2 aliphatic heterocycles. The molecule has 20 heteroatoms. The van der Waals surface area contributed by atoms with Gasteiger partial charge in [-0.1, -0.05) is 80.6 Å². The van der Waals surface area contributed by atoms with Crippen LogP contribution in [0.3, 0.4) is 0 Å². The molecule has 3 aromatic rings. The highest BCUT2D eigenvalue weighted by Crippen LogP contribution is 2.28. The Morgan fingerprint density at radius 3 is 2.17 bits per heavy atom. The number of guanidine groups is 1. The smallest absolute Gasteiger partial charge is 0.300 e. The number of aliphatic carboxylic acids is 1. The van der Waals surface area contributed by atoms with Crippen molar-refractivity contribution in [3.05, 3.63) is 71.9 Å². The zero-order chi connectivity index (χ0) is 49.9. The Balaban J connectivity index is 0.00000213. The molecule has 1 saturated carbocycles. The molecule has 1 aromatic heterocycles. The number of carboxylic acid groups (broad SMARTS) is 1. The van der Waals surface area contributed by atoms with E-state index in [1.165, 1.54) is 11.8 Å². The van der Waals surface area contributed by atoms with Crippen molar-refractivity contribution in [1.29, 1.82) is 0 Å². The molecule has 2 saturated heterocycles. The third-order valence-corrected chi connectivity index (χ3v) is 12.6. The monoisotopic (exact) mass is 956 g/mol. The number of H-pyrrole nitrogens is 1. The minimum absolute atomic E-state index is 0.0696. The quantitative estimate of drug-likeness (QED) is 0.0664. The van der Waals surface area contributed by atoms with Gasteiger partial charge in [0.15, 0.2) is 5.96 Å². The van der Waals surface area contributed by atoms with Gasteiger partial charge in [0.05, 0.1) is 0 Å². The van der Waals surface area contributed by atoms with Crippen molar-refractivity contribution in [2.45, 2.75) is 140 Å². The van der Waals surface area contributed by atoms with E-state index in [2.05, 4.69) is 41.9 Å². The standard InChI is InChI=1S/C47H65N11O7.C2H4O2/c1-29(59)53-37(25-30-13-4-2-5-14-30)42(61)55-36-20-11-22-50-41(60)35(19-10-23-51-47(48)49)54-44(63)39(27-32-28-52-34-18-9-8-17-33(32)34)56-43(62)38(26-31-15-6-3-7-16-31)57-45(64)40-21-12-24-58(40)46(36)65;1-2(3)4/h2,4-5,8-9,13-14,17-18,28,31,35-40,52H,3,6-7,10-12,15-16,19-27H2,1H3,(H,50,60)(H,53,59)(H,54,63)(H,55,61)(H,56,62)(H,57,64)(H4,48,49,51);1H3,(H,3,4). The van der Waals surface area contributed by atoms with Gasteiger partial charge >= 0.3 is 0 Å². The number of fused-ring (bicyclic) bond motifs is 2. The minimum atomic E-state index is -1.14. The van der Waals surface area contributed by atoms with Crippen molar-refractivity contribution in [3.63, 3.8) is 0 Å². The Morgan fingerprint density at radius 1 is 0.797 bits per heavy atom. The number of benzene rings is 2. The first-order valence-corrected chi connectivity index (χ1v) is 24.0. The second-order valence-corrected chi connectivity index (χ2v) is 18.1. The Morgan fingerprint density at radius 2 is 1.46 bits per heavy atom. The van der Waals surface area contributed by atoms with Gasteiger partial charge in [-0.3, -0.25) is 43.3 Å². The molecular formula is C49H69N11O9. The number of aromatic nitrogens is 1. The van der Waals surface area contributed by atoms with E-state index >= 15 is 0 Å². The predicted octanol–water partition coefficient (Wildman–Crippen LogP) is 1.41. The number of carbonyl (C=O) groups excluding carboxylic acids is 7. The third kappa shape index (κ3) is 16.6. The first kappa shape index (κ1) is 53.0. The number of rotatable bonds is 13. The lowest BCUT2D eigenvalue weighted by atomic mass is 9.84. The Bertz CT molecular complexity index is 2270. The van der Waals surface area contributed by atoms with Crippen molar-refractivity contribution in [2.24, 2.45) is 22.4 Å². The molecule has 3 fully saturated rings. The number of aliphatic imine (C=N–C) groups is 1. The molecule has 374 valence electrons. The zero-order valence-corrected chi connectivity index (χ0v) is 39.6. The Kier molecular flexibility index (Phi) is 20.4. The maximum atomic E-state index is 14.6. The second kappa shape index (κ2) is 26.5. The molecule has 7 amide bonds. The maximum absolute atomic E-state index is 14.6. The number of nitrogens with one attached hydrogen (secondary N) is 7. The van der Waals surface area contributed by atoms with Gasteiger partial charge in [0.1, 0.15) is 36.3 Å². The van der Waals surface area contributed by atoms with Crippen LogP contribution >= 0.6 is 0 Å². The number of para-hydroxylation sites is 1. The average molecular weight is 956 g/mol. The van der Waals surface area contributed by atoms with Gasteiger partial charge in [-0.25, -0.2) is 0 Å². The molecule has 1 aliphatic carbocycles. The fourth-order valence-electron chi connectivity index (χ4n) is 9.28. The molecule has 3 aliphatic rings. The molecule has 69 heavy (non-hydrogen) atoms. The average Bonchev–Trinajstić information content (AvgIpc) is 3.98. The summed E-state index contributed by atoms with van der Waals surface area (Å²) in [5.74, 6) is -4.42. The first-order valence-electron chi connectivity index (χ1n) is 24.0. The minimum Gasteiger partial charge on any atom is -0.481 e. The van der Waals surface area contributed by atoms with Crippen molar-refractivity contribution < 1.29 is 43.5 Å². The van der Waals surface area contributed by atoms with Crippen molar-refractivity contribution in [2.75, 3.05) is 19.6 Å². The number of carboxylic acids is 1. The summed E-state index contributed by atoms with van der Waals surface area (Å²) in [5.41, 5.74) is 13.5. The van der Waals surface area contributed by atoms with Gasteiger partial charge in [0.2, 0.25) is 41.4 Å². The molecule has 6 rings (SSSR count). The van der Waals surface area contributed by atoms with Crippen LogP contribution in [0, 0.1) is 5.92 Å². The van der Waals surface area contributed by atoms with Crippen LogP contribution in [0.2, 0.25) is 0 Å². The molecule has 6 atom stereocenters. The lowest BCUT2D eigenvalue weighted by molar-refractivity contribution is -0.142. The molecule has 12 N–H and O–H groups in total. The topological polar surface area (TPSA) is 312 Å². The normalized spacial score (nSPS) is 22.4. The van der Waals surface area contributed by atoms with Crippen molar-refractivity contribution in [1.82, 2.24) is 41.8 Å². The van der Waals surface area contributed by atoms with Crippen LogP contribution in [0.25, 0.3) is 10.9 Å². The summed E-state index contributed by atoms with van der Waals surface area (Å²) in [6.07, 6.45) is 8.88. The number of amides is 7. The van der Waals surface area contributed by atoms with E-state index in [4.69, 9.17) is 21.4 Å². The first-order chi connectivity index (χ1) is 33.1. The zero-order valence-electron chi connectivity index (χ0n) is 39.6. The van der Waals surface area contributed by atoms with E-state index in [-0.39, 0.29) is 63.6 Å². The Labute approximate surface area is 402 Å². The van der Waals surface area contributed by atoms with Crippen LogP contribution in [0.5, 0.6) is 0 Å². The number of aromatic amines is 1. The summed E-state index contributed by atoms with van der Waals surface area (Å²) in [4.78, 5) is 116. The van der Waals surface area contributed by atoms with Crippen LogP contribution in [0.4, 0.5) is 0 Å². The van der Waals surface area contributed by atoms with E-state index < -0.39 is 83.6 Å². The third-order valence-electron chi connectivity index (χ3n) is 12.6. The summed E-state index contributed by atoms with van der Waals surface area (Å²) >= 11 is 0. The SMILES string of the molecule is CC(=O)NC(Cc1ccccc1)C(=O)NC1CCCNC(=O)C(CCCN=C(N)N)NC(=O)C(Cc2c[nH]c3ccccc23)NC(=O)C(CC2CCCCC2)NC(=O)C2CCCN2C1=O.CC(=O)O. The van der Waals surface area contributed by atoms with Crippen molar-refractivity contribution in [3.8, 4) is 0 Å². The van der Waals surface area contributed by atoms with Crippen LogP contribution in [-0.2, 0) is 51.2 Å². The highest BCUT2D eigenvalue weighted by Gasteiger charge is 2.40. The lowest BCUT2D eigenvalue weighted by Gasteiger charge is -2.32. The second-order valence-electron chi connectivity index (χ2n) is 18.1. The van der Waals surface area contributed by atoms with E-state index in [0.29, 0.717) is 25.7 Å². The maximum Gasteiger partial charge on any atom is 0.300 e. The lowest BCUT2D eigenvalue weighted by Crippen LogP contribution is -2.60. The number of hydrogen-bond acceptors (Lipinski definition) is 9. The van der Waals surface area contributed by atoms with Crippen LogP contribution < -0.4 is 43.4 Å². The summed E-state index contributed by atoms with van der Waals surface area (Å²) < 4.78 is 0. The fourth-order valence-corrected chi connectivity index (χ4v) is 9.28. The summed E-state index contributed by atoms with van der Waals surface area (Å²) in [7, 11) is 0.